The molecular formula is C16H20ClFN4O. The first kappa shape index (κ1) is 17.4. The van der Waals surface area contributed by atoms with Gasteiger partial charge < -0.3 is 10.2 Å². The van der Waals surface area contributed by atoms with Crippen LogP contribution >= 0.6 is 12.4 Å². The highest BCUT2D eigenvalue weighted by Gasteiger charge is 2.30. The van der Waals surface area contributed by atoms with Crippen molar-refractivity contribution in [2.75, 3.05) is 19.6 Å². The number of piperazine rings is 1. The number of hydrogen-bond acceptors (Lipinski definition) is 3. The number of benzene rings is 1. The van der Waals surface area contributed by atoms with Crippen LogP contribution in [0, 0.1) is 12.7 Å². The standard InChI is InChI=1S/C16H19FN4O.ClH/c1-11-14(10-20(2)19-11)16(22)21-7-6-18-9-15(21)12-4-3-5-13(17)8-12;/h3-5,8,10,15,18H,6-7,9H2,1-2H3;1H. The summed E-state index contributed by atoms with van der Waals surface area (Å²) < 4.78 is 15.1. The predicted molar refractivity (Wildman–Crippen MR) is 88.2 cm³/mol. The molecule has 3 rings (SSSR count). The second-order valence-electron chi connectivity index (χ2n) is 5.58. The minimum absolute atomic E-state index is 0. The van der Waals surface area contributed by atoms with Crippen molar-refractivity contribution < 1.29 is 9.18 Å². The Morgan fingerprint density at radius 2 is 2.22 bits per heavy atom. The van der Waals surface area contributed by atoms with Gasteiger partial charge in [0, 0.05) is 32.9 Å². The van der Waals surface area contributed by atoms with Gasteiger partial charge in [-0.2, -0.15) is 5.10 Å². The maximum absolute atomic E-state index is 13.5. The molecule has 1 saturated heterocycles. The molecule has 1 aromatic heterocycles. The predicted octanol–water partition coefficient (Wildman–Crippen LogP) is 2.08. The summed E-state index contributed by atoms with van der Waals surface area (Å²) in [5, 5.41) is 7.50. The molecule has 23 heavy (non-hydrogen) atoms. The second kappa shape index (κ2) is 7.10. The maximum Gasteiger partial charge on any atom is 0.257 e. The quantitative estimate of drug-likeness (QED) is 0.912. The van der Waals surface area contributed by atoms with E-state index in [0.29, 0.717) is 24.3 Å². The van der Waals surface area contributed by atoms with Crippen LogP contribution in [0.1, 0.15) is 27.7 Å². The molecule has 1 aromatic carbocycles. The molecule has 1 fully saturated rings. The first-order chi connectivity index (χ1) is 10.6. The van der Waals surface area contributed by atoms with Crippen LogP contribution in [0.5, 0.6) is 0 Å². The van der Waals surface area contributed by atoms with Gasteiger partial charge in [-0.15, -0.1) is 12.4 Å². The van der Waals surface area contributed by atoms with Crippen molar-refractivity contribution in [1.29, 1.82) is 0 Å². The fourth-order valence-electron chi connectivity index (χ4n) is 2.92. The summed E-state index contributed by atoms with van der Waals surface area (Å²) in [5.74, 6) is -0.339. The van der Waals surface area contributed by atoms with E-state index in [4.69, 9.17) is 0 Å². The fraction of sp³-hybridized carbons (Fsp3) is 0.375. The van der Waals surface area contributed by atoms with E-state index in [0.717, 1.165) is 12.1 Å². The van der Waals surface area contributed by atoms with Crippen LogP contribution < -0.4 is 5.32 Å². The molecular weight excluding hydrogens is 319 g/mol. The monoisotopic (exact) mass is 338 g/mol. The van der Waals surface area contributed by atoms with E-state index in [1.54, 1.807) is 28.9 Å². The molecule has 1 aliphatic heterocycles. The molecule has 2 heterocycles. The molecule has 124 valence electrons. The van der Waals surface area contributed by atoms with Crippen LogP contribution in [-0.4, -0.2) is 40.2 Å². The number of nitrogens with one attached hydrogen (secondary N) is 1. The number of aryl methyl sites for hydroxylation is 2. The van der Waals surface area contributed by atoms with Crippen molar-refractivity contribution in [3.05, 3.63) is 53.1 Å². The summed E-state index contributed by atoms with van der Waals surface area (Å²) in [6.07, 6.45) is 1.74. The van der Waals surface area contributed by atoms with Crippen LogP contribution in [0.25, 0.3) is 0 Å². The minimum atomic E-state index is -0.284. The van der Waals surface area contributed by atoms with E-state index >= 15 is 0 Å². The zero-order valence-electron chi connectivity index (χ0n) is 13.1. The molecule has 0 radical (unpaired) electrons. The van der Waals surface area contributed by atoms with Crippen LogP contribution in [0.4, 0.5) is 4.39 Å². The van der Waals surface area contributed by atoms with Crippen LogP contribution in [0.3, 0.4) is 0 Å². The van der Waals surface area contributed by atoms with Gasteiger partial charge in [0.2, 0.25) is 0 Å². The van der Waals surface area contributed by atoms with Crippen molar-refractivity contribution in [2.45, 2.75) is 13.0 Å². The van der Waals surface area contributed by atoms with Gasteiger partial charge in [-0.3, -0.25) is 9.48 Å². The molecule has 7 heteroatoms. The largest absolute Gasteiger partial charge is 0.329 e. The zero-order chi connectivity index (χ0) is 15.7. The Bertz CT molecular complexity index is 703. The lowest BCUT2D eigenvalue weighted by molar-refractivity contribution is 0.0633. The smallest absolute Gasteiger partial charge is 0.257 e. The van der Waals surface area contributed by atoms with E-state index < -0.39 is 0 Å². The molecule has 1 amide bonds. The minimum Gasteiger partial charge on any atom is -0.329 e. The average molecular weight is 339 g/mol. The van der Waals surface area contributed by atoms with E-state index in [2.05, 4.69) is 10.4 Å². The molecule has 0 spiro atoms. The van der Waals surface area contributed by atoms with E-state index in [9.17, 15) is 9.18 Å². The third-order valence-corrected chi connectivity index (χ3v) is 3.98. The number of nitrogens with zero attached hydrogens (tertiary/aromatic N) is 3. The second-order valence-corrected chi connectivity index (χ2v) is 5.58. The third-order valence-electron chi connectivity index (χ3n) is 3.98. The highest BCUT2D eigenvalue weighted by molar-refractivity contribution is 5.95. The lowest BCUT2D eigenvalue weighted by Crippen LogP contribution is -2.48. The number of carbonyl (C=O) groups excluding carboxylic acids is 1. The van der Waals surface area contributed by atoms with Gasteiger partial charge in [0.05, 0.1) is 17.3 Å². The molecule has 2 aromatic rings. The van der Waals surface area contributed by atoms with Gasteiger partial charge in [0.1, 0.15) is 5.82 Å². The highest BCUT2D eigenvalue weighted by Crippen LogP contribution is 2.25. The summed E-state index contributed by atoms with van der Waals surface area (Å²) in [5.41, 5.74) is 2.12. The first-order valence-corrected chi connectivity index (χ1v) is 7.33. The number of hydrogen-bond donors (Lipinski definition) is 1. The summed E-state index contributed by atoms with van der Waals surface area (Å²) in [6, 6.07) is 6.27. The van der Waals surface area contributed by atoms with Gasteiger partial charge in [0.25, 0.3) is 5.91 Å². The normalized spacial score (nSPS) is 17.7. The molecule has 5 nitrogen and oxygen atoms in total. The van der Waals surface area contributed by atoms with Crippen molar-refractivity contribution in [1.82, 2.24) is 20.0 Å². The summed E-state index contributed by atoms with van der Waals surface area (Å²) in [6.45, 7) is 3.77. The number of amides is 1. The van der Waals surface area contributed by atoms with Gasteiger partial charge in [-0.05, 0) is 24.6 Å². The van der Waals surface area contributed by atoms with Crippen LogP contribution in [-0.2, 0) is 7.05 Å². The van der Waals surface area contributed by atoms with Crippen LogP contribution in [0.2, 0.25) is 0 Å². The van der Waals surface area contributed by atoms with E-state index in [1.165, 1.54) is 12.1 Å². The Morgan fingerprint density at radius 1 is 1.43 bits per heavy atom. The van der Waals surface area contributed by atoms with Crippen molar-refractivity contribution in [3.8, 4) is 0 Å². The Balaban J connectivity index is 0.00000192. The number of aromatic nitrogens is 2. The number of rotatable bonds is 2. The van der Waals surface area contributed by atoms with Gasteiger partial charge in [0.15, 0.2) is 0 Å². The summed E-state index contributed by atoms with van der Waals surface area (Å²) >= 11 is 0. The lowest BCUT2D eigenvalue weighted by Gasteiger charge is -2.36. The molecule has 1 N–H and O–H groups in total. The first-order valence-electron chi connectivity index (χ1n) is 7.33. The highest BCUT2D eigenvalue weighted by atomic mass is 35.5. The summed E-state index contributed by atoms with van der Waals surface area (Å²) in [7, 11) is 1.80. The van der Waals surface area contributed by atoms with Gasteiger partial charge in [-0.25, -0.2) is 4.39 Å². The molecule has 1 atom stereocenters. The van der Waals surface area contributed by atoms with Gasteiger partial charge in [-0.1, -0.05) is 12.1 Å². The molecule has 0 aliphatic carbocycles. The van der Waals surface area contributed by atoms with Crippen molar-refractivity contribution in [2.24, 2.45) is 7.05 Å². The molecule has 0 saturated carbocycles. The Kier molecular flexibility index (Phi) is 5.38. The molecule has 1 aliphatic rings. The summed E-state index contributed by atoms with van der Waals surface area (Å²) in [4.78, 5) is 14.7. The van der Waals surface area contributed by atoms with E-state index in [1.807, 2.05) is 13.0 Å². The third kappa shape index (κ3) is 3.54. The maximum atomic E-state index is 13.5. The average Bonchev–Trinajstić information content (AvgIpc) is 2.85. The fourth-order valence-corrected chi connectivity index (χ4v) is 2.92. The van der Waals surface area contributed by atoms with Crippen LogP contribution in [0.15, 0.2) is 30.5 Å². The van der Waals surface area contributed by atoms with E-state index in [-0.39, 0.29) is 30.2 Å². The number of halogens is 2. The topological polar surface area (TPSA) is 50.2 Å². The van der Waals surface area contributed by atoms with Crippen molar-refractivity contribution >= 4 is 18.3 Å². The SMILES string of the molecule is Cc1nn(C)cc1C(=O)N1CCNCC1c1cccc(F)c1.Cl. The lowest BCUT2D eigenvalue weighted by atomic mass is 10.0. The Hall–Kier alpha value is -1.92. The van der Waals surface area contributed by atoms with Gasteiger partial charge >= 0.3 is 0 Å². The Morgan fingerprint density at radius 3 is 2.87 bits per heavy atom. The molecule has 0 bridgehead atoms. The number of carbonyl (C=O) groups is 1. The van der Waals surface area contributed by atoms with Crippen molar-refractivity contribution in [3.63, 3.8) is 0 Å². The Labute approximate surface area is 140 Å². The zero-order valence-corrected chi connectivity index (χ0v) is 13.9. The molecule has 1 unspecified atom stereocenters.